The molecule has 2 rings (SSSR count). The van der Waals surface area contributed by atoms with Crippen LogP contribution in [0.3, 0.4) is 0 Å². The molecule has 6 nitrogen and oxygen atoms in total. The van der Waals surface area contributed by atoms with Crippen LogP contribution in [-0.4, -0.2) is 17.5 Å². The van der Waals surface area contributed by atoms with E-state index in [0.29, 0.717) is 16.3 Å². The third-order valence-electron chi connectivity index (χ3n) is 2.77. The van der Waals surface area contributed by atoms with Crippen molar-refractivity contribution in [1.29, 1.82) is 0 Å². The van der Waals surface area contributed by atoms with Crippen LogP contribution >= 0.6 is 11.6 Å². The lowest BCUT2D eigenvalue weighted by Gasteiger charge is -2.09. The van der Waals surface area contributed by atoms with Crippen molar-refractivity contribution in [3.8, 4) is 11.5 Å². The molecule has 7 heteroatoms. The van der Waals surface area contributed by atoms with Crippen LogP contribution in [0.15, 0.2) is 42.5 Å². The Morgan fingerprint density at radius 3 is 2.64 bits per heavy atom. The first-order valence-corrected chi connectivity index (χ1v) is 6.68. The number of nitro groups is 1. The number of halogens is 1. The van der Waals surface area contributed by atoms with Crippen molar-refractivity contribution >= 4 is 23.3 Å². The third-order valence-corrected chi connectivity index (χ3v) is 3.00. The molecule has 0 heterocycles. The fourth-order valence-corrected chi connectivity index (χ4v) is 1.97. The Labute approximate surface area is 131 Å². The fraction of sp³-hybridized carbons (Fsp3) is 0.133. The van der Waals surface area contributed by atoms with E-state index in [0.717, 1.165) is 0 Å². The summed E-state index contributed by atoms with van der Waals surface area (Å²) >= 11 is 5.81. The van der Waals surface area contributed by atoms with Gasteiger partial charge in [-0.15, -0.1) is 0 Å². The highest BCUT2D eigenvalue weighted by Gasteiger charge is 2.16. The number of esters is 1. The summed E-state index contributed by atoms with van der Waals surface area (Å²) in [6.45, 7) is 1.31. The predicted molar refractivity (Wildman–Crippen MR) is 80.4 cm³/mol. The summed E-state index contributed by atoms with van der Waals surface area (Å²) in [5, 5.41) is 11.4. The second kappa shape index (κ2) is 6.91. The van der Waals surface area contributed by atoms with Crippen molar-refractivity contribution in [3.63, 3.8) is 0 Å². The number of para-hydroxylation sites is 2. The zero-order valence-electron chi connectivity index (χ0n) is 11.6. The molecule has 0 unspecified atom stereocenters. The van der Waals surface area contributed by atoms with Crippen LogP contribution in [-0.2, 0) is 4.79 Å². The molecule has 22 heavy (non-hydrogen) atoms. The molecular formula is C15H12ClNO5. The standard InChI is InChI=1S/C15H12ClNO5/c1-10-8-11(16)6-7-13(10)22-15(18)9-21-14-5-3-2-4-12(14)17(19)20/h2-8H,9H2,1H3. The SMILES string of the molecule is Cc1cc(Cl)ccc1OC(=O)COc1ccccc1[N+](=O)[O-]. The van der Waals surface area contributed by atoms with Crippen molar-refractivity contribution in [2.45, 2.75) is 6.92 Å². The highest BCUT2D eigenvalue weighted by atomic mass is 35.5. The third kappa shape index (κ3) is 3.95. The number of rotatable bonds is 5. The lowest BCUT2D eigenvalue weighted by Crippen LogP contribution is -2.18. The van der Waals surface area contributed by atoms with E-state index in [4.69, 9.17) is 21.1 Å². The second-order valence-electron chi connectivity index (χ2n) is 4.40. The van der Waals surface area contributed by atoms with Crippen LogP contribution in [0.2, 0.25) is 5.02 Å². The molecule has 2 aromatic rings. The van der Waals surface area contributed by atoms with Gasteiger partial charge in [0.1, 0.15) is 5.75 Å². The molecule has 0 saturated heterocycles. The molecule has 0 radical (unpaired) electrons. The molecule has 0 N–H and O–H groups in total. The Morgan fingerprint density at radius 1 is 1.23 bits per heavy atom. The summed E-state index contributed by atoms with van der Waals surface area (Å²) < 4.78 is 10.3. The molecule has 114 valence electrons. The van der Waals surface area contributed by atoms with Crippen LogP contribution in [0.25, 0.3) is 0 Å². The maximum absolute atomic E-state index is 11.8. The molecule has 0 fully saturated rings. The number of carbonyl (C=O) groups excluding carboxylic acids is 1. The van der Waals surface area contributed by atoms with E-state index >= 15 is 0 Å². The van der Waals surface area contributed by atoms with Gasteiger partial charge in [-0.3, -0.25) is 10.1 Å². The fourth-order valence-electron chi connectivity index (χ4n) is 1.75. The second-order valence-corrected chi connectivity index (χ2v) is 4.83. The number of hydrogen-bond donors (Lipinski definition) is 0. The molecule has 0 aliphatic heterocycles. The van der Waals surface area contributed by atoms with Gasteiger partial charge in [-0.2, -0.15) is 0 Å². The minimum atomic E-state index is -0.663. The Morgan fingerprint density at radius 2 is 1.95 bits per heavy atom. The van der Waals surface area contributed by atoms with Crippen LogP contribution in [0.4, 0.5) is 5.69 Å². The normalized spacial score (nSPS) is 10.1. The van der Waals surface area contributed by atoms with E-state index in [1.54, 1.807) is 31.2 Å². The minimum Gasteiger partial charge on any atom is -0.475 e. The Bertz CT molecular complexity index is 717. The van der Waals surface area contributed by atoms with Crippen molar-refractivity contribution in [2.75, 3.05) is 6.61 Å². The van der Waals surface area contributed by atoms with Crippen molar-refractivity contribution in [3.05, 3.63) is 63.2 Å². The molecule has 0 amide bonds. The Kier molecular flexibility index (Phi) is 4.95. The molecule has 0 bridgehead atoms. The lowest BCUT2D eigenvalue weighted by molar-refractivity contribution is -0.385. The van der Waals surface area contributed by atoms with E-state index in [1.807, 2.05) is 0 Å². The van der Waals surface area contributed by atoms with Gasteiger partial charge in [-0.1, -0.05) is 23.7 Å². The summed E-state index contributed by atoms with van der Waals surface area (Å²) in [5.41, 5.74) is 0.490. The van der Waals surface area contributed by atoms with E-state index in [9.17, 15) is 14.9 Å². The predicted octanol–water partition coefficient (Wildman–Crippen LogP) is 3.54. The smallest absolute Gasteiger partial charge is 0.349 e. The molecular weight excluding hydrogens is 310 g/mol. The lowest BCUT2D eigenvalue weighted by atomic mass is 10.2. The number of nitro benzene ring substituents is 1. The monoisotopic (exact) mass is 321 g/mol. The number of hydrogen-bond acceptors (Lipinski definition) is 5. The zero-order valence-corrected chi connectivity index (χ0v) is 12.4. The first-order valence-electron chi connectivity index (χ1n) is 6.30. The molecule has 0 saturated carbocycles. The van der Waals surface area contributed by atoms with Crippen LogP contribution in [0, 0.1) is 17.0 Å². The topological polar surface area (TPSA) is 78.7 Å². The molecule has 2 aromatic carbocycles. The Hall–Kier alpha value is -2.60. The first-order chi connectivity index (χ1) is 10.5. The van der Waals surface area contributed by atoms with E-state index in [-0.39, 0.29) is 11.4 Å². The molecule has 0 aromatic heterocycles. The summed E-state index contributed by atoms with van der Waals surface area (Å²) in [5.74, 6) is -0.290. The number of aryl methyl sites for hydroxylation is 1. The van der Waals surface area contributed by atoms with Crippen LogP contribution in [0.1, 0.15) is 5.56 Å². The van der Waals surface area contributed by atoms with Gasteiger partial charge in [-0.05, 0) is 36.8 Å². The van der Waals surface area contributed by atoms with Crippen LogP contribution in [0.5, 0.6) is 11.5 Å². The summed E-state index contributed by atoms with van der Waals surface area (Å²) in [6.07, 6.45) is 0. The molecule has 0 aliphatic carbocycles. The number of carbonyl (C=O) groups is 1. The molecule has 0 spiro atoms. The number of ether oxygens (including phenoxy) is 2. The average molecular weight is 322 g/mol. The summed E-state index contributed by atoms with van der Waals surface area (Å²) in [6, 6.07) is 10.6. The summed E-state index contributed by atoms with van der Waals surface area (Å²) in [4.78, 5) is 22.0. The van der Waals surface area contributed by atoms with Crippen molar-refractivity contribution in [2.24, 2.45) is 0 Å². The van der Waals surface area contributed by atoms with Gasteiger partial charge in [0, 0.05) is 11.1 Å². The summed E-state index contributed by atoms with van der Waals surface area (Å²) in [7, 11) is 0. The van der Waals surface area contributed by atoms with Gasteiger partial charge < -0.3 is 9.47 Å². The van der Waals surface area contributed by atoms with Gasteiger partial charge in [0.15, 0.2) is 12.4 Å². The van der Waals surface area contributed by atoms with Crippen molar-refractivity contribution in [1.82, 2.24) is 0 Å². The first kappa shape index (κ1) is 15.8. The molecule has 0 atom stereocenters. The van der Waals surface area contributed by atoms with Crippen LogP contribution < -0.4 is 9.47 Å². The number of benzene rings is 2. The molecule has 0 aliphatic rings. The maximum Gasteiger partial charge on any atom is 0.349 e. The maximum atomic E-state index is 11.8. The van der Waals surface area contributed by atoms with Crippen molar-refractivity contribution < 1.29 is 19.2 Å². The Balaban J connectivity index is 2.00. The largest absolute Gasteiger partial charge is 0.475 e. The highest BCUT2D eigenvalue weighted by molar-refractivity contribution is 6.30. The van der Waals surface area contributed by atoms with Gasteiger partial charge in [0.05, 0.1) is 4.92 Å². The quantitative estimate of drug-likeness (QED) is 0.364. The number of nitrogens with zero attached hydrogens (tertiary/aromatic N) is 1. The van der Waals surface area contributed by atoms with E-state index in [1.165, 1.54) is 18.2 Å². The van der Waals surface area contributed by atoms with Gasteiger partial charge in [-0.25, -0.2) is 4.79 Å². The van der Waals surface area contributed by atoms with Gasteiger partial charge >= 0.3 is 11.7 Å². The van der Waals surface area contributed by atoms with Gasteiger partial charge in [0.25, 0.3) is 0 Å². The highest BCUT2D eigenvalue weighted by Crippen LogP contribution is 2.26. The van der Waals surface area contributed by atoms with Gasteiger partial charge in [0.2, 0.25) is 0 Å². The average Bonchev–Trinajstić information content (AvgIpc) is 2.48. The van der Waals surface area contributed by atoms with E-state index in [2.05, 4.69) is 0 Å². The minimum absolute atomic E-state index is 0.0114. The zero-order chi connectivity index (χ0) is 16.1. The van der Waals surface area contributed by atoms with E-state index < -0.39 is 17.5 Å².